The number of carbonyl (C=O) groups excluding carboxylic acids is 1. The normalized spacial score (nSPS) is 11.4. The first-order valence-corrected chi connectivity index (χ1v) is 9.54. The second-order valence-electron chi connectivity index (χ2n) is 6.77. The highest BCUT2D eigenvalue weighted by Gasteiger charge is 2.24. The van der Waals surface area contributed by atoms with E-state index in [-0.39, 0.29) is 29.9 Å². The number of nitrogens with zero attached hydrogens (tertiary/aromatic N) is 1. The summed E-state index contributed by atoms with van der Waals surface area (Å²) in [6.45, 7) is 12.4. The molecule has 0 aromatic heterocycles. The number of halogens is 1. The first-order valence-electron chi connectivity index (χ1n) is 9.54. The van der Waals surface area contributed by atoms with Gasteiger partial charge in [-0.2, -0.15) is 0 Å². The Hall–Kier alpha value is -1.71. The fourth-order valence-corrected chi connectivity index (χ4v) is 2.27. The van der Waals surface area contributed by atoms with Gasteiger partial charge in [-0.05, 0) is 58.7 Å². The number of ether oxygens (including phenoxy) is 2. The van der Waals surface area contributed by atoms with Crippen LogP contribution in [0.3, 0.4) is 0 Å². The van der Waals surface area contributed by atoms with Crippen molar-refractivity contribution in [3.8, 4) is 11.5 Å². The van der Waals surface area contributed by atoms with Gasteiger partial charge in [0.15, 0.2) is 17.5 Å². The van der Waals surface area contributed by atoms with Gasteiger partial charge in [-0.1, -0.05) is 6.07 Å². The Bertz CT molecular complexity index is 636. The summed E-state index contributed by atoms with van der Waals surface area (Å²) in [6, 6.07) is 5.99. The fourth-order valence-electron chi connectivity index (χ4n) is 2.27. The van der Waals surface area contributed by atoms with Gasteiger partial charge in [-0.25, -0.2) is 0 Å². The zero-order chi connectivity index (χ0) is 20.3. The van der Waals surface area contributed by atoms with Gasteiger partial charge < -0.3 is 25.8 Å². The number of rotatable bonds is 11. The van der Waals surface area contributed by atoms with E-state index in [1.165, 1.54) is 0 Å². The molecule has 0 atom stereocenters. The Kier molecular flexibility index (Phi) is 12.6. The summed E-state index contributed by atoms with van der Waals surface area (Å²) < 4.78 is 11.3. The minimum atomic E-state index is -0.677. The number of carbonyl (C=O) groups is 1. The topological polar surface area (TPSA) is 98.0 Å². The Morgan fingerprint density at radius 2 is 1.75 bits per heavy atom. The van der Waals surface area contributed by atoms with Gasteiger partial charge in [0.2, 0.25) is 5.91 Å². The number of amides is 1. The van der Waals surface area contributed by atoms with Crippen molar-refractivity contribution in [2.24, 2.45) is 16.1 Å². The predicted molar refractivity (Wildman–Crippen MR) is 125 cm³/mol. The summed E-state index contributed by atoms with van der Waals surface area (Å²) in [7, 11) is 0. The maximum absolute atomic E-state index is 11.4. The van der Waals surface area contributed by atoms with E-state index in [1.807, 2.05) is 39.0 Å². The van der Waals surface area contributed by atoms with Crippen LogP contribution in [0.5, 0.6) is 11.5 Å². The quantitative estimate of drug-likeness (QED) is 0.244. The van der Waals surface area contributed by atoms with E-state index in [0.717, 1.165) is 30.0 Å². The van der Waals surface area contributed by atoms with Crippen molar-refractivity contribution in [3.05, 3.63) is 23.8 Å². The molecular formula is C20H35IN4O3. The Morgan fingerprint density at radius 3 is 2.32 bits per heavy atom. The fraction of sp³-hybridized carbons (Fsp3) is 0.600. The molecule has 160 valence electrons. The molecule has 8 heteroatoms. The summed E-state index contributed by atoms with van der Waals surface area (Å²) in [6.07, 6.45) is 0.802. The zero-order valence-corrected chi connectivity index (χ0v) is 20.0. The smallest absolute Gasteiger partial charge is 0.224 e. The van der Waals surface area contributed by atoms with E-state index in [4.69, 9.17) is 15.2 Å². The number of guanidine groups is 1. The summed E-state index contributed by atoms with van der Waals surface area (Å²) in [5.74, 6) is 1.84. The molecule has 0 bridgehead atoms. The van der Waals surface area contributed by atoms with Gasteiger partial charge in [-0.3, -0.25) is 9.79 Å². The van der Waals surface area contributed by atoms with Crippen molar-refractivity contribution >= 4 is 35.8 Å². The maximum Gasteiger partial charge on any atom is 0.224 e. The molecule has 1 aromatic rings. The van der Waals surface area contributed by atoms with Crippen LogP contribution >= 0.6 is 24.0 Å². The van der Waals surface area contributed by atoms with Crippen LogP contribution in [0.15, 0.2) is 23.2 Å². The number of nitrogens with one attached hydrogen (secondary N) is 2. The van der Waals surface area contributed by atoms with E-state index in [2.05, 4.69) is 15.6 Å². The van der Waals surface area contributed by atoms with Crippen LogP contribution in [-0.2, 0) is 11.2 Å². The molecule has 0 heterocycles. The van der Waals surface area contributed by atoms with Gasteiger partial charge in [0.25, 0.3) is 0 Å². The number of hydrogen-bond donors (Lipinski definition) is 3. The highest BCUT2D eigenvalue weighted by Crippen LogP contribution is 2.28. The largest absolute Gasteiger partial charge is 0.490 e. The van der Waals surface area contributed by atoms with Crippen LogP contribution in [0.4, 0.5) is 0 Å². The van der Waals surface area contributed by atoms with Crippen molar-refractivity contribution in [3.63, 3.8) is 0 Å². The number of primary amides is 1. The standard InChI is InChI=1S/C20H34N4O3.HI/c1-6-22-19(24-14-20(4,5)18(21)25)23-12-11-15-9-10-16(26-7-2)17(13-15)27-8-3;/h9-10,13H,6-8,11-12,14H2,1-5H3,(H2,21,25)(H2,22,23,24);1H. The highest BCUT2D eigenvalue weighted by molar-refractivity contribution is 14.0. The molecular weight excluding hydrogens is 471 g/mol. The molecule has 0 spiro atoms. The van der Waals surface area contributed by atoms with Gasteiger partial charge in [0, 0.05) is 13.1 Å². The lowest BCUT2D eigenvalue weighted by Crippen LogP contribution is -2.40. The van der Waals surface area contributed by atoms with Gasteiger partial charge in [0.1, 0.15) is 0 Å². The number of nitrogens with two attached hydrogens (primary N) is 1. The van der Waals surface area contributed by atoms with Crippen molar-refractivity contribution in [1.29, 1.82) is 0 Å². The SMILES string of the molecule is CCNC(=NCC(C)(C)C(N)=O)NCCc1ccc(OCC)c(OCC)c1.I. The molecule has 0 saturated heterocycles. The van der Waals surface area contributed by atoms with Crippen LogP contribution in [0.25, 0.3) is 0 Å². The lowest BCUT2D eigenvalue weighted by molar-refractivity contribution is -0.125. The van der Waals surface area contributed by atoms with E-state index in [9.17, 15) is 4.79 Å². The second kappa shape index (κ2) is 13.5. The van der Waals surface area contributed by atoms with E-state index < -0.39 is 5.41 Å². The van der Waals surface area contributed by atoms with Crippen LogP contribution in [-0.4, -0.2) is 44.7 Å². The third kappa shape index (κ3) is 8.99. The van der Waals surface area contributed by atoms with Crippen LogP contribution < -0.4 is 25.8 Å². The Morgan fingerprint density at radius 1 is 1.11 bits per heavy atom. The predicted octanol–water partition coefficient (Wildman–Crippen LogP) is 2.71. The molecule has 1 aromatic carbocycles. The molecule has 0 radical (unpaired) electrons. The van der Waals surface area contributed by atoms with Crippen molar-refractivity contribution in [2.75, 3.05) is 32.8 Å². The van der Waals surface area contributed by atoms with Gasteiger partial charge in [0.05, 0.1) is 25.2 Å². The molecule has 0 saturated carbocycles. The molecule has 7 nitrogen and oxygen atoms in total. The molecule has 4 N–H and O–H groups in total. The third-order valence-electron chi connectivity index (χ3n) is 3.96. The zero-order valence-electron chi connectivity index (χ0n) is 17.6. The van der Waals surface area contributed by atoms with E-state index >= 15 is 0 Å². The molecule has 0 aliphatic rings. The number of hydrogen-bond acceptors (Lipinski definition) is 4. The average molecular weight is 506 g/mol. The van der Waals surface area contributed by atoms with Crippen molar-refractivity contribution < 1.29 is 14.3 Å². The van der Waals surface area contributed by atoms with Crippen LogP contribution in [0, 0.1) is 5.41 Å². The molecule has 0 aliphatic carbocycles. The average Bonchev–Trinajstić information content (AvgIpc) is 2.62. The third-order valence-corrected chi connectivity index (χ3v) is 3.96. The van der Waals surface area contributed by atoms with Crippen molar-refractivity contribution in [2.45, 2.75) is 41.0 Å². The highest BCUT2D eigenvalue weighted by atomic mass is 127. The molecule has 1 amide bonds. The second-order valence-corrected chi connectivity index (χ2v) is 6.77. The minimum absolute atomic E-state index is 0. The van der Waals surface area contributed by atoms with E-state index in [1.54, 1.807) is 13.8 Å². The minimum Gasteiger partial charge on any atom is -0.490 e. The Balaban J connectivity index is 0.00000729. The number of aliphatic imine (C=N–C) groups is 1. The molecule has 0 aliphatic heterocycles. The summed E-state index contributed by atoms with van der Waals surface area (Å²) >= 11 is 0. The summed E-state index contributed by atoms with van der Waals surface area (Å²) in [4.78, 5) is 15.9. The molecule has 0 unspecified atom stereocenters. The lowest BCUT2D eigenvalue weighted by atomic mass is 9.93. The van der Waals surface area contributed by atoms with Gasteiger partial charge in [-0.15, -0.1) is 24.0 Å². The lowest BCUT2D eigenvalue weighted by Gasteiger charge is -2.19. The van der Waals surface area contributed by atoms with Crippen LogP contribution in [0.2, 0.25) is 0 Å². The van der Waals surface area contributed by atoms with Gasteiger partial charge >= 0.3 is 0 Å². The van der Waals surface area contributed by atoms with Crippen molar-refractivity contribution in [1.82, 2.24) is 10.6 Å². The monoisotopic (exact) mass is 506 g/mol. The Labute approximate surface area is 185 Å². The molecule has 28 heavy (non-hydrogen) atoms. The maximum atomic E-state index is 11.4. The number of benzene rings is 1. The van der Waals surface area contributed by atoms with E-state index in [0.29, 0.717) is 32.3 Å². The molecule has 0 fully saturated rings. The first kappa shape index (κ1) is 26.3. The molecule has 1 rings (SSSR count). The summed E-state index contributed by atoms with van der Waals surface area (Å²) in [5, 5.41) is 6.47. The van der Waals surface area contributed by atoms with Crippen LogP contribution in [0.1, 0.15) is 40.2 Å². The first-order chi connectivity index (χ1) is 12.8. The summed E-state index contributed by atoms with van der Waals surface area (Å²) in [5.41, 5.74) is 5.87.